The molecule has 1 saturated heterocycles. The zero-order valence-electron chi connectivity index (χ0n) is 12.1. The molecule has 1 N–H and O–H groups in total. The molecule has 0 radical (unpaired) electrons. The summed E-state index contributed by atoms with van der Waals surface area (Å²) in [5.74, 6) is 1.14. The lowest BCUT2D eigenvalue weighted by Gasteiger charge is -2.31. The Labute approximate surface area is 123 Å². The monoisotopic (exact) mass is 290 g/mol. The van der Waals surface area contributed by atoms with Crippen molar-refractivity contribution in [1.82, 2.24) is 4.90 Å². The first-order valence-corrected chi connectivity index (χ1v) is 6.74. The minimum absolute atomic E-state index is 0.0476. The number of hydrogen-bond acceptors (Lipinski definition) is 4. The Bertz CT molecular complexity index is 580. The second kappa shape index (κ2) is 6.35. The van der Waals surface area contributed by atoms with Crippen molar-refractivity contribution >= 4 is 6.09 Å². The van der Waals surface area contributed by atoms with Crippen molar-refractivity contribution in [3.05, 3.63) is 23.3 Å². The van der Waals surface area contributed by atoms with Crippen LogP contribution < -0.4 is 9.47 Å². The highest BCUT2D eigenvalue weighted by Crippen LogP contribution is 2.37. The van der Waals surface area contributed by atoms with Crippen LogP contribution in [0, 0.1) is 11.3 Å². The fraction of sp³-hybridized carbons (Fsp3) is 0.467. The van der Waals surface area contributed by atoms with Crippen molar-refractivity contribution < 1.29 is 19.4 Å². The van der Waals surface area contributed by atoms with Crippen molar-refractivity contribution in [3.63, 3.8) is 0 Å². The molecule has 0 aliphatic carbocycles. The molecular weight excluding hydrogens is 272 g/mol. The molecule has 1 aromatic carbocycles. The summed E-state index contributed by atoms with van der Waals surface area (Å²) >= 11 is 0. The van der Waals surface area contributed by atoms with E-state index in [0.717, 1.165) is 18.4 Å². The van der Waals surface area contributed by atoms with Crippen LogP contribution in [0.25, 0.3) is 0 Å². The summed E-state index contributed by atoms with van der Waals surface area (Å²) in [6.07, 6.45) is 0.789. The minimum atomic E-state index is -0.903. The summed E-state index contributed by atoms with van der Waals surface area (Å²) in [4.78, 5) is 12.6. The third kappa shape index (κ3) is 3.02. The van der Waals surface area contributed by atoms with Crippen molar-refractivity contribution in [1.29, 1.82) is 5.26 Å². The highest BCUT2D eigenvalue weighted by atomic mass is 16.5. The highest BCUT2D eigenvalue weighted by molar-refractivity contribution is 5.65. The van der Waals surface area contributed by atoms with Gasteiger partial charge in [0.05, 0.1) is 19.8 Å². The number of piperidine rings is 1. The number of nitriles is 1. The molecule has 0 spiro atoms. The lowest BCUT2D eigenvalue weighted by molar-refractivity contribution is 0.130. The largest absolute Gasteiger partial charge is 0.496 e. The van der Waals surface area contributed by atoms with E-state index in [-0.39, 0.29) is 5.92 Å². The fourth-order valence-corrected chi connectivity index (χ4v) is 2.73. The van der Waals surface area contributed by atoms with Crippen LogP contribution in [0.15, 0.2) is 12.1 Å². The van der Waals surface area contributed by atoms with Gasteiger partial charge in [0.2, 0.25) is 0 Å². The average molecular weight is 290 g/mol. The number of amides is 1. The Balaban J connectivity index is 2.38. The number of rotatable bonds is 3. The number of carbonyl (C=O) groups is 1. The zero-order chi connectivity index (χ0) is 15.4. The smallest absolute Gasteiger partial charge is 0.407 e. The first-order chi connectivity index (χ1) is 10.1. The Morgan fingerprint density at radius 2 is 2.10 bits per heavy atom. The van der Waals surface area contributed by atoms with Crippen LogP contribution in [-0.2, 0) is 0 Å². The average Bonchev–Trinajstić information content (AvgIpc) is 2.53. The van der Waals surface area contributed by atoms with Crippen LogP contribution in [0.2, 0.25) is 0 Å². The molecule has 112 valence electrons. The normalized spacial score (nSPS) is 18.0. The molecule has 1 amide bonds. The predicted octanol–water partition coefficient (Wildman–Crippen LogP) is 2.43. The summed E-state index contributed by atoms with van der Waals surface area (Å²) in [6.45, 7) is 0.988. The summed E-state index contributed by atoms with van der Waals surface area (Å²) in [5.41, 5.74) is 1.29. The van der Waals surface area contributed by atoms with Gasteiger partial charge in [-0.15, -0.1) is 0 Å². The van der Waals surface area contributed by atoms with Crippen LogP contribution in [0.4, 0.5) is 4.79 Å². The number of methoxy groups -OCH3 is 2. The zero-order valence-corrected chi connectivity index (χ0v) is 12.1. The first-order valence-electron chi connectivity index (χ1n) is 6.74. The lowest BCUT2D eigenvalue weighted by Crippen LogP contribution is -2.38. The van der Waals surface area contributed by atoms with Gasteiger partial charge >= 0.3 is 6.09 Å². The molecule has 0 aromatic heterocycles. The van der Waals surface area contributed by atoms with Gasteiger partial charge in [0.25, 0.3) is 0 Å². The van der Waals surface area contributed by atoms with E-state index in [1.807, 2.05) is 0 Å². The molecule has 6 heteroatoms. The summed E-state index contributed by atoms with van der Waals surface area (Å²) in [5, 5.41) is 18.3. The molecule has 1 unspecified atom stereocenters. The van der Waals surface area contributed by atoms with Gasteiger partial charge in [-0.05, 0) is 18.9 Å². The maximum atomic E-state index is 11.1. The summed E-state index contributed by atoms with van der Waals surface area (Å²) < 4.78 is 10.6. The van der Waals surface area contributed by atoms with Crippen LogP contribution >= 0.6 is 0 Å². The number of ether oxygens (including phenoxy) is 2. The summed E-state index contributed by atoms with van der Waals surface area (Å²) in [7, 11) is 3.06. The quantitative estimate of drug-likeness (QED) is 0.924. The Morgan fingerprint density at radius 3 is 2.67 bits per heavy atom. The molecule has 6 nitrogen and oxygen atoms in total. The van der Waals surface area contributed by atoms with Crippen LogP contribution in [0.3, 0.4) is 0 Å². The standard InChI is InChI=1S/C15H18N2O4/c1-20-13-7-12(14(21-2)6-11(13)8-16)10-4-3-5-17(9-10)15(18)19/h6-7,10H,3-5,9H2,1-2H3,(H,18,19). The molecule has 0 bridgehead atoms. The SMILES string of the molecule is COc1cc(C2CCCN(C(=O)O)C2)c(OC)cc1C#N. The predicted molar refractivity (Wildman–Crippen MR) is 75.8 cm³/mol. The summed E-state index contributed by atoms with van der Waals surface area (Å²) in [6, 6.07) is 5.50. The van der Waals surface area contributed by atoms with Gasteiger partial charge in [-0.1, -0.05) is 0 Å². The van der Waals surface area contributed by atoms with E-state index in [1.54, 1.807) is 19.2 Å². The minimum Gasteiger partial charge on any atom is -0.496 e. The van der Waals surface area contributed by atoms with E-state index in [4.69, 9.17) is 19.8 Å². The molecule has 1 aliphatic rings. The van der Waals surface area contributed by atoms with Crippen molar-refractivity contribution in [2.75, 3.05) is 27.3 Å². The second-order valence-electron chi connectivity index (χ2n) is 4.97. The first kappa shape index (κ1) is 15.0. The Kier molecular flexibility index (Phi) is 4.53. The number of nitrogens with zero attached hydrogens (tertiary/aromatic N) is 2. The fourth-order valence-electron chi connectivity index (χ4n) is 2.73. The van der Waals surface area contributed by atoms with Gasteiger partial charge in [0.1, 0.15) is 17.6 Å². The van der Waals surface area contributed by atoms with Crippen molar-refractivity contribution in [2.24, 2.45) is 0 Å². The molecule has 1 heterocycles. The van der Waals surface area contributed by atoms with Gasteiger partial charge in [-0.2, -0.15) is 5.26 Å². The molecule has 1 aromatic rings. The second-order valence-corrected chi connectivity index (χ2v) is 4.97. The maximum Gasteiger partial charge on any atom is 0.407 e. The number of carboxylic acid groups (broad SMARTS) is 1. The van der Waals surface area contributed by atoms with Gasteiger partial charge in [-0.25, -0.2) is 4.79 Å². The third-order valence-corrected chi connectivity index (χ3v) is 3.80. The van der Waals surface area contributed by atoms with E-state index >= 15 is 0 Å². The molecule has 21 heavy (non-hydrogen) atoms. The number of hydrogen-bond donors (Lipinski definition) is 1. The van der Waals surface area contributed by atoms with E-state index in [1.165, 1.54) is 12.0 Å². The highest BCUT2D eigenvalue weighted by Gasteiger charge is 2.27. The van der Waals surface area contributed by atoms with Gasteiger partial charge in [0, 0.05) is 30.6 Å². The van der Waals surface area contributed by atoms with Crippen LogP contribution in [0.5, 0.6) is 11.5 Å². The molecule has 1 atom stereocenters. The Hall–Kier alpha value is -2.42. The molecule has 0 saturated carbocycles. The van der Waals surface area contributed by atoms with Crippen LogP contribution in [-0.4, -0.2) is 43.4 Å². The number of likely N-dealkylation sites (tertiary alicyclic amines) is 1. The van der Waals surface area contributed by atoms with Crippen molar-refractivity contribution in [2.45, 2.75) is 18.8 Å². The van der Waals surface area contributed by atoms with Gasteiger partial charge in [-0.3, -0.25) is 0 Å². The van der Waals surface area contributed by atoms with E-state index < -0.39 is 6.09 Å². The van der Waals surface area contributed by atoms with E-state index in [9.17, 15) is 4.79 Å². The van der Waals surface area contributed by atoms with E-state index in [0.29, 0.717) is 30.2 Å². The van der Waals surface area contributed by atoms with Gasteiger partial charge in [0.15, 0.2) is 0 Å². The lowest BCUT2D eigenvalue weighted by atomic mass is 9.89. The van der Waals surface area contributed by atoms with E-state index in [2.05, 4.69) is 6.07 Å². The molecule has 1 fully saturated rings. The van der Waals surface area contributed by atoms with Crippen LogP contribution in [0.1, 0.15) is 29.9 Å². The maximum absolute atomic E-state index is 11.1. The Morgan fingerprint density at radius 1 is 1.38 bits per heavy atom. The van der Waals surface area contributed by atoms with Crippen molar-refractivity contribution in [3.8, 4) is 17.6 Å². The third-order valence-electron chi connectivity index (χ3n) is 3.80. The molecular formula is C15H18N2O4. The molecule has 2 rings (SSSR count). The topological polar surface area (TPSA) is 82.8 Å². The van der Waals surface area contributed by atoms with Gasteiger partial charge < -0.3 is 19.5 Å². The number of benzene rings is 1. The molecule has 1 aliphatic heterocycles.